The highest BCUT2D eigenvalue weighted by atomic mass is 79.9. The number of halogens is 1. The monoisotopic (exact) mass is 327 g/mol. The Morgan fingerprint density at radius 1 is 1.22 bits per heavy atom. The van der Waals surface area contributed by atoms with Crippen LogP contribution in [0.1, 0.15) is 0 Å². The molecule has 1 aromatic carbocycles. The molecule has 0 aliphatic heterocycles. The third-order valence-corrected chi connectivity index (χ3v) is 4.60. The fourth-order valence-corrected chi connectivity index (χ4v) is 3.45. The number of hydrogen-bond donors (Lipinski definition) is 2. The summed E-state index contributed by atoms with van der Waals surface area (Å²) < 4.78 is 27.2. The number of nitrogens with zero attached hydrogens (tertiary/aromatic N) is 1. The van der Waals surface area contributed by atoms with Gasteiger partial charge >= 0.3 is 0 Å². The number of rotatable bonds is 3. The van der Waals surface area contributed by atoms with Crippen LogP contribution in [0.5, 0.6) is 0 Å². The zero-order valence-corrected chi connectivity index (χ0v) is 11.6. The van der Waals surface area contributed by atoms with Gasteiger partial charge in [0.1, 0.15) is 4.90 Å². The highest BCUT2D eigenvalue weighted by molar-refractivity contribution is 9.10. The topological polar surface area (TPSA) is 85.1 Å². The van der Waals surface area contributed by atoms with Gasteiger partial charge in [0.15, 0.2) is 0 Å². The third-order valence-electron chi connectivity index (χ3n) is 2.22. The number of aromatic nitrogens is 1. The van der Waals surface area contributed by atoms with E-state index < -0.39 is 10.0 Å². The van der Waals surface area contributed by atoms with Crippen molar-refractivity contribution in [3.63, 3.8) is 0 Å². The van der Waals surface area contributed by atoms with Gasteiger partial charge in [0.2, 0.25) is 0 Å². The molecule has 1 aromatic heterocycles. The second-order valence-electron chi connectivity index (χ2n) is 3.50. The summed E-state index contributed by atoms with van der Waals surface area (Å²) in [4.78, 5) is 3.95. The second-order valence-corrected chi connectivity index (χ2v) is 6.00. The number of nitrogen functional groups attached to an aromatic ring is 1. The van der Waals surface area contributed by atoms with E-state index in [4.69, 9.17) is 5.73 Å². The molecule has 0 saturated carbocycles. The van der Waals surface area contributed by atoms with Gasteiger partial charge < -0.3 is 5.73 Å². The molecule has 2 rings (SSSR count). The Hall–Kier alpha value is -1.60. The van der Waals surface area contributed by atoms with Crippen LogP contribution >= 0.6 is 15.9 Å². The number of anilines is 2. The molecule has 2 aromatic rings. The third kappa shape index (κ3) is 2.62. The van der Waals surface area contributed by atoms with Crippen LogP contribution in [0.3, 0.4) is 0 Å². The molecule has 0 amide bonds. The van der Waals surface area contributed by atoms with Crippen molar-refractivity contribution in [2.45, 2.75) is 4.90 Å². The molecule has 0 fully saturated rings. The maximum atomic E-state index is 12.2. The lowest BCUT2D eigenvalue weighted by atomic mass is 10.4. The van der Waals surface area contributed by atoms with Crippen LogP contribution in [0.15, 0.2) is 52.1 Å². The van der Waals surface area contributed by atoms with E-state index in [0.717, 1.165) is 0 Å². The molecule has 0 spiro atoms. The van der Waals surface area contributed by atoms with Gasteiger partial charge in [-0.2, -0.15) is 0 Å². The average Bonchev–Trinajstić information content (AvgIpc) is 2.32. The van der Waals surface area contributed by atoms with E-state index in [-0.39, 0.29) is 10.6 Å². The summed E-state index contributed by atoms with van der Waals surface area (Å²) in [5.41, 5.74) is 6.22. The van der Waals surface area contributed by atoms with Crippen LogP contribution in [-0.2, 0) is 10.0 Å². The first-order valence-electron chi connectivity index (χ1n) is 4.97. The van der Waals surface area contributed by atoms with E-state index in [1.165, 1.54) is 24.5 Å². The molecule has 0 saturated heterocycles. The van der Waals surface area contributed by atoms with E-state index >= 15 is 0 Å². The summed E-state index contributed by atoms with van der Waals surface area (Å²) in [5.74, 6) is 0. The van der Waals surface area contributed by atoms with Gasteiger partial charge in [-0.15, -0.1) is 0 Å². The first kappa shape index (κ1) is 12.8. The van der Waals surface area contributed by atoms with E-state index in [0.29, 0.717) is 10.2 Å². The van der Waals surface area contributed by atoms with E-state index in [1.807, 2.05) is 0 Å². The molecule has 0 aliphatic carbocycles. The summed E-state index contributed by atoms with van der Waals surface area (Å²) in [6, 6.07) is 8.05. The second kappa shape index (κ2) is 4.95. The number of pyridine rings is 1. The number of hydrogen-bond acceptors (Lipinski definition) is 4. The van der Waals surface area contributed by atoms with E-state index in [1.54, 1.807) is 18.2 Å². The molecule has 0 aliphatic rings. The number of sulfonamides is 1. The van der Waals surface area contributed by atoms with Crippen molar-refractivity contribution in [1.29, 1.82) is 0 Å². The summed E-state index contributed by atoms with van der Waals surface area (Å²) in [5, 5.41) is 0. The first-order valence-corrected chi connectivity index (χ1v) is 7.25. The zero-order valence-electron chi connectivity index (χ0n) is 9.17. The fraction of sp³-hybridized carbons (Fsp3) is 0. The molecule has 18 heavy (non-hydrogen) atoms. The minimum Gasteiger partial charge on any atom is -0.396 e. The summed E-state index contributed by atoms with van der Waals surface area (Å²) in [6.45, 7) is 0. The standard InChI is InChI=1S/C11H10BrN3O2S/c12-8-3-1-2-4-11(8)18(16,17)15-10-5-6-14-7-9(10)13/h1-7H,13H2,(H,14,15). The molecule has 94 valence electrons. The SMILES string of the molecule is Nc1cnccc1NS(=O)(=O)c1ccccc1Br. The quantitative estimate of drug-likeness (QED) is 0.905. The molecule has 3 N–H and O–H groups in total. The maximum absolute atomic E-state index is 12.2. The average molecular weight is 328 g/mol. The van der Waals surface area contributed by atoms with Gasteiger partial charge in [0.25, 0.3) is 10.0 Å². The lowest BCUT2D eigenvalue weighted by Crippen LogP contribution is -2.14. The number of nitrogens with one attached hydrogen (secondary N) is 1. The molecule has 5 nitrogen and oxygen atoms in total. The Balaban J connectivity index is 2.40. The largest absolute Gasteiger partial charge is 0.396 e. The highest BCUT2D eigenvalue weighted by Gasteiger charge is 2.17. The van der Waals surface area contributed by atoms with Crippen LogP contribution in [-0.4, -0.2) is 13.4 Å². The van der Waals surface area contributed by atoms with Crippen molar-refractivity contribution in [2.24, 2.45) is 0 Å². The fourth-order valence-electron chi connectivity index (χ4n) is 1.36. The molecule has 7 heteroatoms. The van der Waals surface area contributed by atoms with Gasteiger partial charge in [-0.1, -0.05) is 12.1 Å². The summed E-state index contributed by atoms with van der Waals surface area (Å²) >= 11 is 3.20. The smallest absolute Gasteiger partial charge is 0.263 e. The number of benzene rings is 1. The van der Waals surface area contributed by atoms with Gasteiger partial charge in [-0.3, -0.25) is 9.71 Å². The van der Waals surface area contributed by atoms with Crippen molar-refractivity contribution in [3.05, 3.63) is 47.2 Å². The van der Waals surface area contributed by atoms with Crippen LogP contribution < -0.4 is 10.5 Å². The Bertz CT molecular complexity index is 673. The molecule has 0 atom stereocenters. The van der Waals surface area contributed by atoms with Crippen molar-refractivity contribution in [2.75, 3.05) is 10.5 Å². The van der Waals surface area contributed by atoms with E-state index in [2.05, 4.69) is 25.6 Å². The van der Waals surface area contributed by atoms with Gasteiger partial charge in [0.05, 0.1) is 17.6 Å². The lowest BCUT2D eigenvalue weighted by Gasteiger charge is -2.10. The molecule has 0 bridgehead atoms. The molecular weight excluding hydrogens is 318 g/mol. The Labute approximate surface area is 113 Å². The van der Waals surface area contributed by atoms with Crippen molar-refractivity contribution < 1.29 is 8.42 Å². The number of nitrogens with two attached hydrogens (primary N) is 1. The van der Waals surface area contributed by atoms with Crippen LogP contribution in [0, 0.1) is 0 Å². The Morgan fingerprint density at radius 2 is 1.94 bits per heavy atom. The Kier molecular flexibility index (Phi) is 3.53. The molecule has 1 heterocycles. The first-order chi connectivity index (χ1) is 8.50. The zero-order chi connectivity index (χ0) is 13.2. The summed E-state index contributed by atoms with van der Waals surface area (Å²) in [6.07, 6.45) is 2.85. The highest BCUT2D eigenvalue weighted by Crippen LogP contribution is 2.25. The minimum absolute atomic E-state index is 0.154. The van der Waals surface area contributed by atoms with Gasteiger partial charge in [-0.05, 0) is 34.1 Å². The van der Waals surface area contributed by atoms with Crippen molar-refractivity contribution in [1.82, 2.24) is 4.98 Å². The van der Waals surface area contributed by atoms with Crippen LogP contribution in [0.2, 0.25) is 0 Å². The normalized spacial score (nSPS) is 11.2. The lowest BCUT2D eigenvalue weighted by molar-refractivity contribution is 0.601. The van der Waals surface area contributed by atoms with Crippen molar-refractivity contribution >= 4 is 37.3 Å². The Morgan fingerprint density at radius 3 is 2.61 bits per heavy atom. The minimum atomic E-state index is -3.67. The van der Waals surface area contributed by atoms with Crippen LogP contribution in [0.25, 0.3) is 0 Å². The molecule has 0 radical (unpaired) electrons. The van der Waals surface area contributed by atoms with Gasteiger partial charge in [-0.25, -0.2) is 8.42 Å². The molecular formula is C11H10BrN3O2S. The summed E-state index contributed by atoms with van der Waals surface area (Å²) in [7, 11) is -3.67. The molecule has 0 unspecified atom stereocenters. The predicted molar refractivity (Wildman–Crippen MR) is 73.6 cm³/mol. The van der Waals surface area contributed by atoms with Crippen LogP contribution in [0.4, 0.5) is 11.4 Å². The van der Waals surface area contributed by atoms with Crippen molar-refractivity contribution in [3.8, 4) is 0 Å². The van der Waals surface area contributed by atoms with Gasteiger partial charge in [0, 0.05) is 10.7 Å². The maximum Gasteiger partial charge on any atom is 0.263 e. The van der Waals surface area contributed by atoms with E-state index in [9.17, 15) is 8.42 Å². The predicted octanol–water partition coefficient (Wildman–Crippen LogP) is 2.23.